The van der Waals surface area contributed by atoms with Crippen LogP contribution in [0.2, 0.25) is 0 Å². The third kappa shape index (κ3) is 5.38. The van der Waals surface area contributed by atoms with E-state index in [9.17, 15) is 9.59 Å². The Morgan fingerprint density at radius 3 is 2.45 bits per heavy atom. The van der Waals surface area contributed by atoms with Gasteiger partial charge in [0.15, 0.2) is 0 Å². The minimum Gasteiger partial charge on any atom is -0.465 e. The van der Waals surface area contributed by atoms with Crippen molar-refractivity contribution in [3.8, 4) is 0 Å². The summed E-state index contributed by atoms with van der Waals surface area (Å²) in [5.41, 5.74) is 0.699. The van der Waals surface area contributed by atoms with E-state index >= 15 is 0 Å². The summed E-state index contributed by atoms with van der Waals surface area (Å²) in [6, 6.07) is 1.95. The standard InChI is InChI=1S/C22H33NO5S/c1-15-3-5-16(6-4-15)21(25)23(19-11-14-29-20(19)22(26)27-2)17-7-9-18(10-8-17)28-13-12-24/h11,14-18,24H,3-10,12-13H2,1-2H3. The summed E-state index contributed by atoms with van der Waals surface area (Å²) in [4.78, 5) is 28.3. The maximum Gasteiger partial charge on any atom is 0.350 e. The number of thiophene rings is 1. The lowest BCUT2D eigenvalue weighted by molar-refractivity contribution is -0.124. The van der Waals surface area contributed by atoms with Gasteiger partial charge >= 0.3 is 5.97 Å². The van der Waals surface area contributed by atoms with Gasteiger partial charge in [-0.15, -0.1) is 11.3 Å². The van der Waals surface area contributed by atoms with Gasteiger partial charge < -0.3 is 19.5 Å². The molecule has 0 saturated heterocycles. The largest absolute Gasteiger partial charge is 0.465 e. The predicted octanol–water partition coefficient (Wildman–Crippen LogP) is 4.01. The van der Waals surface area contributed by atoms with E-state index in [1.165, 1.54) is 18.4 Å². The van der Waals surface area contributed by atoms with Crippen LogP contribution >= 0.6 is 11.3 Å². The lowest BCUT2D eigenvalue weighted by Gasteiger charge is -2.39. The molecule has 0 aromatic carbocycles. The quantitative estimate of drug-likeness (QED) is 0.671. The van der Waals surface area contributed by atoms with Crippen molar-refractivity contribution in [2.45, 2.75) is 70.4 Å². The summed E-state index contributed by atoms with van der Waals surface area (Å²) in [5.74, 6) is 0.476. The number of amides is 1. The van der Waals surface area contributed by atoms with E-state index in [-0.39, 0.29) is 36.5 Å². The fraction of sp³-hybridized carbons (Fsp3) is 0.727. The molecule has 1 N–H and O–H groups in total. The number of aliphatic hydroxyl groups excluding tert-OH is 1. The van der Waals surface area contributed by atoms with Gasteiger partial charge in [-0.25, -0.2) is 4.79 Å². The van der Waals surface area contributed by atoms with E-state index in [1.54, 1.807) is 0 Å². The number of hydrogen-bond donors (Lipinski definition) is 1. The van der Waals surface area contributed by atoms with Crippen LogP contribution in [0.5, 0.6) is 0 Å². The zero-order valence-corrected chi connectivity index (χ0v) is 18.3. The molecule has 162 valence electrons. The number of rotatable bonds is 7. The van der Waals surface area contributed by atoms with Crippen LogP contribution in [0.4, 0.5) is 5.69 Å². The van der Waals surface area contributed by atoms with Gasteiger partial charge in [-0.05, 0) is 68.7 Å². The molecule has 7 heteroatoms. The van der Waals surface area contributed by atoms with Gasteiger partial charge in [-0.2, -0.15) is 0 Å². The van der Waals surface area contributed by atoms with Crippen molar-refractivity contribution < 1.29 is 24.2 Å². The van der Waals surface area contributed by atoms with Crippen LogP contribution < -0.4 is 4.90 Å². The lowest BCUT2D eigenvalue weighted by atomic mass is 9.81. The Balaban J connectivity index is 1.80. The molecule has 6 nitrogen and oxygen atoms in total. The predicted molar refractivity (Wildman–Crippen MR) is 113 cm³/mol. The Kier molecular flexibility index (Phi) is 8.09. The summed E-state index contributed by atoms with van der Waals surface area (Å²) >= 11 is 1.33. The number of esters is 1. The number of carbonyl (C=O) groups is 2. The summed E-state index contributed by atoms with van der Waals surface area (Å²) < 4.78 is 10.7. The van der Waals surface area contributed by atoms with Gasteiger partial charge in [-0.3, -0.25) is 4.79 Å². The zero-order valence-electron chi connectivity index (χ0n) is 17.5. The fourth-order valence-corrected chi connectivity index (χ4v) is 5.43. The van der Waals surface area contributed by atoms with Crippen LogP contribution in [0.25, 0.3) is 0 Å². The van der Waals surface area contributed by atoms with Crippen molar-refractivity contribution in [1.82, 2.24) is 0 Å². The van der Waals surface area contributed by atoms with Gasteiger partial charge in [0.1, 0.15) is 4.88 Å². The van der Waals surface area contributed by atoms with Gasteiger partial charge in [0.05, 0.1) is 32.1 Å². The Bertz CT molecular complexity index is 674. The van der Waals surface area contributed by atoms with Crippen LogP contribution in [0.15, 0.2) is 11.4 Å². The average Bonchev–Trinajstić information content (AvgIpc) is 3.22. The molecule has 0 bridgehead atoms. The molecule has 3 rings (SSSR count). The highest BCUT2D eigenvalue weighted by Gasteiger charge is 2.37. The molecule has 2 aliphatic carbocycles. The first-order valence-electron chi connectivity index (χ1n) is 10.8. The van der Waals surface area contributed by atoms with Crippen molar-refractivity contribution in [3.05, 3.63) is 16.3 Å². The Morgan fingerprint density at radius 1 is 1.14 bits per heavy atom. The van der Waals surface area contributed by atoms with Crippen LogP contribution in [0.1, 0.15) is 68.0 Å². The number of nitrogens with zero attached hydrogens (tertiary/aromatic N) is 1. The molecular weight excluding hydrogens is 390 g/mol. The van der Waals surface area contributed by atoms with E-state index < -0.39 is 0 Å². The minimum atomic E-state index is -0.384. The molecule has 0 unspecified atom stereocenters. The average molecular weight is 424 g/mol. The molecule has 0 spiro atoms. The van der Waals surface area contributed by atoms with Crippen molar-refractivity contribution in [1.29, 1.82) is 0 Å². The molecule has 2 fully saturated rings. The second-order valence-electron chi connectivity index (χ2n) is 8.32. The highest BCUT2D eigenvalue weighted by atomic mass is 32.1. The van der Waals surface area contributed by atoms with Crippen molar-refractivity contribution >= 4 is 28.9 Å². The summed E-state index contributed by atoms with van der Waals surface area (Å²) in [6.07, 6.45) is 7.52. The number of hydrogen-bond acceptors (Lipinski definition) is 6. The summed E-state index contributed by atoms with van der Waals surface area (Å²) in [7, 11) is 1.38. The Labute approximate surface area is 177 Å². The Morgan fingerprint density at radius 2 is 1.83 bits per heavy atom. The molecular formula is C22H33NO5S. The highest BCUT2D eigenvalue weighted by Crippen LogP contribution is 2.37. The van der Waals surface area contributed by atoms with Gasteiger partial charge in [-0.1, -0.05) is 6.92 Å². The van der Waals surface area contributed by atoms with Gasteiger partial charge in [0.25, 0.3) is 0 Å². The highest BCUT2D eigenvalue weighted by molar-refractivity contribution is 7.12. The van der Waals surface area contributed by atoms with E-state index in [1.807, 2.05) is 16.3 Å². The van der Waals surface area contributed by atoms with Crippen LogP contribution in [0, 0.1) is 11.8 Å². The molecule has 2 saturated carbocycles. The maximum absolute atomic E-state index is 13.6. The first-order chi connectivity index (χ1) is 14.0. The monoisotopic (exact) mass is 423 g/mol. The molecule has 2 aliphatic rings. The van der Waals surface area contributed by atoms with Gasteiger partial charge in [0, 0.05) is 12.0 Å². The van der Waals surface area contributed by atoms with E-state index in [0.717, 1.165) is 51.4 Å². The summed E-state index contributed by atoms with van der Waals surface area (Å²) in [5, 5.41) is 10.8. The molecule has 0 radical (unpaired) electrons. The van der Waals surface area contributed by atoms with Crippen molar-refractivity contribution in [2.24, 2.45) is 11.8 Å². The van der Waals surface area contributed by atoms with E-state index in [4.69, 9.17) is 14.6 Å². The number of carbonyl (C=O) groups excluding carboxylic acids is 2. The maximum atomic E-state index is 13.6. The first-order valence-corrected chi connectivity index (χ1v) is 11.6. The molecule has 29 heavy (non-hydrogen) atoms. The molecule has 0 atom stereocenters. The number of methoxy groups -OCH3 is 1. The van der Waals surface area contributed by atoms with Crippen molar-refractivity contribution in [3.63, 3.8) is 0 Å². The molecule has 1 aromatic rings. The lowest BCUT2D eigenvalue weighted by Crippen LogP contribution is -2.47. The number of aliphatic hydroxyl groups is 1. The van der Waals surface area contributed by atoms with Crippen LogP contribution in [-0.2, 0) is 14.3 Å². The topological polar surface area (TPSA) is 76.1 Å². The zero-order chi connectivity index (χ0) is 20.8. The number of anilines is 1. The Hall–Kier alpha value is -1.44. The fourth-order valence-electron chi connectivity index (χ4n) is 4.63. The second-order valence-corrected chi connectivity index (χ2v) is 9.23. The van der Waals surface area contributed by atoms with Gasteiger partial charge in [0.2, 0.25) is 5.91 Å². The normalized spacial score (nSPS) is 27.4. The third-order valence-electron chi connectivity index (χ3n) is 6.33. The van der Waals surface area contributed by atoms with Crippen LogP contribution in [0.3, 0.4) is 0 Å². The SMILES string of the molecule is COC(=O)c1sccc1N(C(=O)C1CCC(C)CC1)C1CCC(OCCO)CC1. The molecule has 1 heterocycles. The minimum absolute atomic E-state index is 0.0277. The summed E-state index contributed by atoms with van der Waals surface area (Å²) in [6.45, 7) is 2.64. The number of ether oxygens (including phenoxy) is 2. The van der Waals surface area contributed by atoms with Crippen molar-refractivity contribution in [2.75, 3.05) is 25.2 Å². The third-order valence-corrected chi connectivity index (χ3v) is 7.21. The molecule has 0 aliphatic heterocycles. The molecule has 1 aromatic heterocycles. The van der Waals surface area contributed by atoms with E-state index in [2.05, 4.69) is 6.92 Å². The molecule has 1 amide bonds. The smallest absolute Gasteiger partial charge is 0.350 e. The van der Waals surface area contributed by atoms with Crippen LogP contribution in [-0.4, -0.2) is 49.5 Å². The second kappa shape index (κ2) is 10.5. The van der Waals surface area contributed by atoms with E-state index in [0.29, 0.717) is 23.1 Å². The first kappa shape index (κ1) is 22.2.